The fraction of sp³-hybridized carbons (Fsp3) is 0.625. The minimum atomic E-state index is 0.763. The van der Waals surface area contributed by atoms with Crippen molar-refractivity contribution in [2.45, 2.75) is 20.5 Å². The van der Waals surface area contributed by atoms with Gasteiger partial charge in [0, 0.05) is 6.20 Å². The molecule has 0 aliphatic rings. The van der Waals surface area contributed by atoms with Gasteiger partial charge in [0.2, 0.25) is 0 Å². The van der Waals surface area contributed by atoms with Gasteiger partial charge in [0.15, 0.2) is 0 Å². The van der Waals surface area contributed by atoms with Crippen molar-refractivity contribution >= 4 is 5.69 Å². The molecule has 0 amide bonds. The fourth-order valence-electron chi connectivity index (χ4n) is 0.953. The van der Waals surface area contributed by atoms with Crippen LogP contribution in [0.4, 0.5) is 5.69 Å². The summed E-state index contributed by atoms with van der Waals surface area (Å²) in [5, 5.41) is 4.25. The van der Waals surface area contributed by atoms with Gasteiger partial charge in [0.05, 0.1) is 18.1 Å². The Morgan fingerprint density at radius 1 is 1.67 bits per heavy atom. The molecule has 4 heteroatoms. The third kappa shape index (κ3) is 1.98. The molecule has 12 heavy (non-hydrogen) atoms. The Bertz CT molecular complexity index is 234. The summed E-state index contributed by atoms with van der Waals surface area (Å²) in [7, 11) is 2.05. The standard InChI is InChI=1S/C8H16N4/c1-4-11(3)6-12-5-8(9)7(2)10-12/h5H,4,6,9H2,1-3H3. The van der Waals surface area contributed by atoms with Crippen LogP contribution in [0.2, 0.25) is 0 Å². The first-order valence-electron chi connectivity index (χ1n) is 4.11. The van der Waals surface area contributed by atoms with Gasteiger partial charge in [-0.25, -0.2) is 0 Å². The highest BCUT2D eigenvalue weighted by Crippen LogP contribution is 2.06. The van der Waals surface area contributed by atoms with E-state index in [4.69, 9.17) is 5.73 Å². The van der Waals surface area contributed by atoms with Crippen LogP contribution in [-0.2, 0) is 6.67 Å². The molecule has 0 aliphatic carbocycles. The third-order valence-corrected chi connectivity index (χ3v) is 1.91. The summed E-state index contributed by atoms with van der Waals surface area (Å²) >= 11 is 0. The molecule has 0 atom stereocenters. The summed E-state index contributed by atoms with van der Waals surface area (Å²) in [6, 6.07) is 0. The van der Waals surface area contributed by atoms with Crippen LogP contribution in [0, 0.1) is 6.92 Å². The van der Waals surface area contributed by atoms with Crippen molar-refractivity contribution in [2.75, 3.05) is 19.3 Å². The van der Waals surface area contributed by atoms with E-state index in [9.17, 15) is 0 Å². The second-order valence-corrected chi connectivity index (χ2v) is 3.02. The Labute approximate surface area is 73.0 Å². The van der Waals surface area contributed by atoms with Crippen LogP contribution in [0.25, 0.3) is 0 Å². The highest BCUT2D eigenvalue weighted by Gasteiger charge is 2.01. The molecular formula is C8H16N4. The fourth-order valence-corrected chi connectivity index (χ4v) is 0.953. The predicted octanol–water partition coefficient (Wildman–Crippen LogP) is 0.683. The topological polar surface area (TPSA) is 47.1 Å². The van der Waals surface area contributed by atoms with Crippen molar-refractivity contribution < 1.29 is 0 Å². The van der Waals surface area contributed by atoms with Gasteiger partial charge in [-0.3, -0.25) is 9.58 Å². The zero-order valence-electron chi connectivity index (χ0n) is 7.91. The minimum absolute atomic E-state index is 0.763. The van der Waals surface area contributed by atoms with Gasteiger partial charge in [-0.1, -0.05) is 6.92 Å². The summed E-state index contributed by atoms with van der Waals surface area (Å²) in [5.74, 6) is 0. The Balaban J connectivity index is 2.64. The number of hydrogen-bond donors (Lipinski definition) is 1. The Morgan fingerprint density at radius 2 is 2.33 bits per heavy atom. The molecule has 4 nitrogen and oxygen atoms in total. The van der Waals surface area contributed by atoms with E-state index in [0.717, 1.165) is 24.6 Å². The van der Waals surface area contributed by atoms with Crippen LogP contribution in [-0.4, -0.2) is 28.3 Å². The maximum atomic E-state index is 5.66. The number of nitrogens with zero attached hydrogens (tertiary/aromatic N) is 3. The molecule has 1 aromatic heterocycles. The van der Waals surface area contributed by atoms with E-state index in [0.29, 0.717) is 0 Å². The number of aryl methyl sites for hydroxylation is 1. The number of nitrogen functional groups attached to an aromatic ring is 1. The molecule has 0 spiro atoms. The summed E-state index contributed by atoms with van der Waals surface area (Å²) in [6.07, 6.45) is 1.86. The van der Waals surface area contributed by atoms with Crippen LogP contribution < -0.4 is 5.73 Å². The lowest BCUT2D eigenvalue weighted by atomic mass is 10.4. The van der Waals surface area contributed by atoms with Gasteiger partial charge in [0.25, 0.3) is 0 Å². The van der Waals surface area contributed by atoms with E-state index in [1.807, 2.05) is 24.9 Å². The molecule has 68 valence electrons. The van der Waals surface area contributed by atoms with Gasteiger partial charge in [-0.15, -0.1) is 0 Å². The van der Waals surface area contributed by atoms with Crippen LogP contribution >= 0.6 is 0 Å². The van der Waals surface area contributed by atoms with Gasteiger partial charge in [-0.05, 0) is 20.5 Å². The number of hydrogen-bond acceptors (Lipinski definition) is 3. The summed E-state index contributed by atoms with van der Waals surface area (Å²) < 4.78 is 1.86. The lowest BCUT2D eigenvalue weighted by molar-refractivity contribution is 0.266. The van der Waals surface area contributed by atoms with Crippen LogP contribution in [0.15, 0.2) is 6.20 Å². The third-order valence-electron chi connectivity index (χ3n) is 1.91. The largest absolute Gasteiger partial charge is 0.396 e. The molecule has 1 aromatic rings. The van der Waals surface area contributed by atoms with Crippen molar-refractivity contribution in [1.82, 2.24) is 14.7 Å². The van der Waals surface area contributed by atoms with Crippen molar-refractivity contribution in [3.05, 3.63) is 11.9 Å². The number of nitrogens with two attached hydrogens (primary N) is 1. The average molecular weight is 168 g/mol. The molecule has 1 heterocycles. The normalized spacial score (nSPS) is 11.0. The van der Waals surface area contributed by atoms with Crippen molar-refractivity contribution in [2.24, 2.45) is 0 Å². The van der Waals surface area contributed by atoms with E-state index in [1.54, 1.807) is 0 Å². The molecule has 0 bridgehead atoms. The number of anilines is 1. The Hall–Kier alpha value is -1.03. The van der Waals surface area contributed by atoms with Crippen molar-refractivity contribution in [3.63, 3.8) is 0 Å². The summed E-state index contributed by atoms with van der Waals surface area (Å²) in [4.78, 5) is 2.16. The molecule has 0 unspecified atom stereocenters. The minimum Gasteiger partial charge on any atom is -0.396 e. The maximum absolute atomic E-state index is 5.66. The second-order valence-electron chi connectivity index (χ2n) is 3.02. The highest BCUT2D eigenvalue weighted by molar-refractivity contribution is 5.39. The first-order valence-corrected chi connectivity index (χ1v) is 4.11. The van der Waals surface area contributed by atoms with E-state index < -0.39 is 0 Å². The Morgan fingerprint density at radius 3 is 2.75 bits per heavy atom. The smallest absolute Gasteiger partial charge is 0.0927 e. The van der Waals surface area contributed by atoms with Crippen LogP contribution in [0.5, 0.6) is 0 Å². The van der Waals surface area contributed by atoms with Gasteiger partial charge < -0.3 is 5.73 Å². The van der Waals surface area contributed by atoms with Crippen LogP contribution in [0.1, 0.15) is 12.6 Å². The molecule has 0 radical (unpaired) electrons. The van der Waals surface area contributed by atoms with E-state index in [-0.39, 0.29) is 0 Å². The Kier molecular flexibility index (Phi) is 2.70. The van der Waals surface area contributed by atoms with Crippen LogP contribution in [0.3, 0.4) is 0 Å². The molecule has 2 N–H and O–H groups in total. The second kappa shape index (κ2) is 3.58. The number of rotatable bonds is 3. The first-order chi connectivity index (χ1) is 5.63. The number of aromatic nitrogens is 2. The highest BCUT2D eigenvalue weighted by atomic mass is 15.4. The summed E-state index contributed by atoms with van der Waals surface area (Å²) in [5.41, 5.74) is 7.32. The lowest BCUT2D eigenvalue weighted by Gasteiger charge is -2.12. The molecule has 0 aliphatic heterocycles. The van der Waals surface area contributed by atoms with Gasteiger partial charge in [0.1, 0.15) is 0 Å². The van der Waals surface area contributed by atoms with Crippen molar-refractivity contribution in [1.29, 1.82) is 0 Å². The zero-order valence-corrected chi connectivity index (χ0v) is 7.91. The monoisotopic (exact) mass is 168 g/mol. The molecular weight excluding hydrogens is 152 g/mol. The molecule has 0 saturated carbocycles. The van der Waals surface area contributed by atoms with E-state index in [2.05, 4.69) is 16.9 Å². The molecule has 0 aromatic carbocycles. The predicted molar refractivity (Wildman–Crippen MR) is 49.7 cm³/mol. The molecule has 1 rings (SSSR count). The molecule has 0 saturated heterocycles. The maximum Gasteiger partial charge on any atom is 0.0927 e. The first kappa shape index (κ1) is 9.06. The quantitative estimate of drug-likeness (QED) is 0.722. The molecule has 0 fully saturated rings. The van der Waals surface area contributed by atoms with E-state index in [1.165, 1.54) is 0 Å². The van der Waals surface area contributed by atoms with E-state index >= 15 is 0 Å². The van der Waals surface area contributed by atoms with Gasteiger partial charge in [-0.2, -0.15) is 5.10 Å². The SMILES string of the molecule is CCN(C)Cn1cc(N)c(C)n1. The zero-order chi connectivity index (χ0) is 9.14. The van der Waals surface area contributed by atoms with Crippen molar-refractivity contribution in [3.8, 4) is 0 Å². The van der Waals surface area contributed by atoms with Gasteiger partial charge >= 0.3 is 0 Å². The lowest BCUT2D eigenvalue weighted by Crippen LogP contribution is -2.21. The average Bonchev–Trinajstić information content (AvgIpc) is 2.31. The summed E-state index contributed by atoms with van der Waals surface area (Å²) in [6.45, 7) is 5.84.